The van der Waals surface area contributed by atoms with Crippen molar-refractivity contribution in [3.8, 4) is 0 Å². The molecule has 9 nitrogen and oxygen atoms in total. The SMILES string of the molecule is CCOC(=O)[C@H]1[C@@]2(C=N[C@@]1(C(=O)OC)c1ccccc1)C(=O)N(C(=O)Nc1ccccc1)c1ccc(F)cc12. The molecule has 0 saturated carbocycles. The van der Waals surface area contributed by atoms with Crippen LogP contribution < -0.4 is 10.2 Å². The van der Waals surface area contributed by atoms with E-state index in [4.69, 9.17) is 9.47 Å². The molecule has 2 aliphatic rings. The zero-order valence-electron chi connectivity index (χ0n) is 21.1. The van der Waals surface area contributed by atoms with Gasteiger partial charge in [0.25, 0.3) is 5.91 Å². The Hall–Kier alpha value is -4.86. The second-order valence-corrected chi connectivity index (χ2v) is 9.03. The number of esters is 2. The Bertz CT molecular complexity index is 1500. The van der Waals surface area contributed by atoms with Crippen molar-refractivity contribution in [2.24, 2.45) is 10.9 Å². The molecule has 0 aromatic heterocycles. The van der Waals surface area contributed by atoms with Crippen LogP contribution in [-0.4, -0.2) is 43.8 Å². The zero-order valence-corrected chi connectivity index (χ0v) is 21.1. The summed E-state index contributed by atoms with van der Waals surface area (Å²) >= 11 is 0. The van der Waals surface area contributed by atoms with E-state index >= 15 is 0 Å². The van der Waals surface area contributed by atoms with E-state index in [1.807, 2.05) is 0 Å². The summed E-state index contributed by atoms with van der Waals surface area (Å²) in [4.78, 5) is 60.4. The number of para-hydroxylation sites is 1. The van der Waals surface area contributed by atoms with Crippen LogP contribution in [0.3, 0.4) is 0 Å². The highest BCUT2D eigenvalue weighted by Gasteiger charge is 2.72. The molecular weight excluding hydrogens is 505 g/mol. The second kappa shape index (κ2) is 9.79. The van der Waals surface area contributed by atoms with E-state index in [0.717, 1.165) is 30.4 Å². The Morgan fingerprint density at radius 3 is 2.33 bits per heavy atom. The lowest BCUT2D eigenvalue weighted by Crippen LogP contribution is -2.56. The zero-order chi connectivity index (χ0) is 27.8. The van der Waals surface area contributed by atoms with Crippen LogP contribution in [0.5, 0.6) is 0 Å². The summed E-state index contributed by atoms with van der Waals surface area (Å²) in [5, 5.41) is 2.65. The fourth-order valence-corrected chi connectivity index (χ4v) is 5.39. The highest BCUT2D eigenvalue weighted by atomic mass is 19.1. The van der Waals surface area contributed by atoms with Gasteiger partial charge in [0, 0.05) is 17.5 Å². The molecule has 0 unspecified atom stereocenters. The van der Waals surface area contributed by atoms with E-state index in [2.05, 4.69) is 10.3 Å². The number of urea groups is 1. The number of nitrogens with one attached hydrogen (secondary N) is 1. The maximum Gasteiger partial charge on any atom is 0.339 e. The summed E-state index contributed by atoms with van der Waals surface area (Å²) in [5.74, 6) is -5.10. The first-order valence-corrected chi connectivity index (χ1v) is 12.2. The second-order valence-electron chi connectivity index (χ2n) is 9.03. The largest absolute Gasteiger partial charge is 0.467 e. The van der Waals surface area contributed by atoms with Gasteiger partial charge < -0.3 is 14.8 Å². The number of imide groups is 1. The number of fused-ring (bicyclic) bond motifs is 2. The molecule has 0 fully saturated rings. The molecule has 0 saturated heterocycles. The number of nitrogens with zero attached hydrogens (tertiary/aromatic N) is 2. The summed E-state index contributed by atoms with van der Waals surface area (Å²) in [6.07, 6.45) is 1.15. The van der Waals surface area contributed by atoms with Crippen molar-refractivity contribution in [1.82, 2.24) is 0 Å². The molecular formula is C29H24FN3O6. The van der Waals surface area contributed by atoms with Gasteiger partial charge in [0.05, 0.1) is 19.4 Å². The maximum absolute atomic E-state index is 14.7. The van der Waals surface area contributed by atoms with E-state index in [0.29, 0.717) is 5.69 Å². The molecule has 1 spiro atoms. The van der Waals surface area contributed by atoms with Crippen LogP contribution in [0.4, 0.5) is 20.6 Å². The number of methoxy groups -OCH3 is 1. The Balaban J connectivity index is 1.74. The smallest absolute Gasteiger partial charge is 0.339 e. The summed E-state index contributed by atoms with van der Waals surface area (Å²) in [5.41, 5.74) is -3.38. The van der Waals surface area contributed by atoms with Crippen LogP contribution in [0.2, 0.25) is 0 Å². The summed E-state index contributed by atoms with van der Waals surface area (Å²) < 4.78 is 25.2. The van der Waals surface area contributed by atoms with Crippen molar-refractivity contribution in [3.05, 3.63) is 95.8 Å². The lowest BCUT2D eigenvalue weighted by Gasteiger charge is -2.36. The number of hydrogen-bond acceptors (Lipinski definition) is 7. The van der Waals surface area contributed by atoms with Crippen molar-refractivity contribution in [2.45, 2.75) is 17.9 Å². The van der Waals surface area contributed by atoms with Crippen LogP contribution in [0.15, 0.2) is 83.9 Å². The minimum absolute atomic E-state index is 0.000719. The van der Waals surface area contributed by atoms with Crippen LogP contribution in [0.25, 0.3) is 0 Å². The van der Waals surface area contributed by atoms with Crippen LogP contribution in [-0.2, 0) is 34.8 Å². The van der Waals surface area contributed by atoms with Crippen molar-refractivity contribution in [1.29, 1.82) is 0 Å². The maximum atomic E-state index is 14.7. The average molecular weight is 530 g/mol. The molecule has 5 rings (SSSR count). The van der Waals surface area contributed by atoms with Gasteiger partial charge in [0.2, 0.25) is 0 Å². The topological polar surface area (TPSA) is 114 Å². The molecule has 0 bridgehead atoms. The van der Waals surface area contributed by atoms with Gasteiger partial charge >= 0.3 is 18.0 Å². The van der Waals surface area contributed by atoms with E-state index < -0.39 is 46.6 Å². The van der Waals surface area contributed by atoms with E-state index in [-0.39, 0.29) is 23.4 Å². The number of halogens is 1. The number of rotatable bonds is 5. The Morgan fingerprint density at radius 1 is 1.03 bits per heavy atom. The van der Waals surface area contributed by atoms with Gasteiger partial charge in [-0.25, -0.2) is 18.9 Å². The molecule has 39 heavy (non-hydrogen) atoms. The van der Waals surface area contributed by atoms with Gasteiger partial charge in [-0.1, -0.05) is 48.5 Å². The number of amides is 3. The lowest BCUT2D eigenvalue weighted by atomic mass is 9.64. The van der Waals surface area contributed by atoms with Crippen molar-refractivity contribution >= 4 is 41.5 Å². The summed E-state index contributed by atoms with van der Waals surface area (Å²) in [6.45, 7) is 1.51. The number of benzene rings is 3. The highest BCUT2D eigenvalue weighted by molar-refractivity contribution is 6.32. The van der Waals surface area contributed by atoms with Gasteiger partial charge in [-0.05, 0) is 42.8 Å². The monoisotopic (exact) mass is 529 g/mol. The molecule has 2 aliphatic heterocycles. The molecule has 1 N–H and O–H groups in total. The number of aliphatic imine (C=N–C) groups is 1. The molecule has 2 heterocycles. The number of hydrogen-bond donors (Lipinski definition) is 1. The Kier molecular flexibility index (Phi) is 6.47. The Morgan fingerprint density at radius 2 is 1.69 bits per heavy atom. The average Bonchev–Trinajstić information content (AvgIpc) is 3.43. The first-order valence-electron chi connectivity index (χ1n) is 12.2. The lowest BCUT2D eigenvalue weighted by molar-refractivity contribution is -0.163. The fraction of sp³-hybridized carbons (Fsp3) is 0.207. The molecule has 3 amide bonds. The van der Waals surface area contributed by atoms with E-state index in [9.17, 15) is 23.6 Å². The number of carbonyl (C=O) groups is 4. The third-order valence-corrected chi connectivity index (χ3v) is 7.01. The summed E-state index contributed by atoms with van der Waals surface area (Å²) in [6, 6.07) is 19.2. The predicted molar refractivity (Wildman–Crippen MR) is 140 cm³/mol. The molecule has 0 radical (unpaired) electrons. The molecule has 3 aromatic rings. The van der Waals surface area contributed by atoms with Gasteiger partial charge in [-0.2, -0.15) is 0 Å². The van der Waals surface area contributed by atoms with Gasteiger partial charge in [0.15, 0.2) is 5.54 Å². The fourth-order valence-electron chi connectivity index (χ4n) is 5.39. The Labute approximate surface area is 223 Å². The normalized spacial score (nSPS) is 23.0. The molecule has 198 valence electrons. The third-order valence-electron chi connectivity index (χ3n) is 7.01. The minimum atomic E-state index is -2.05. The van der Waals surface area contributed by atoms with Crippen molar-refractivity contribution < 1.29 is 33.0 Å². The minimum Gasteiger partial charge on any atom is -0.467 e. The van der Waals surface area contributed by atoms with Gasteiger partial charge in [0.1, 0.15) is 17.2 Å². The van der Waals surface area contributed by atoms with Crippen LogP contribution in [0.1, 0.15) is 18.1 Å². The van der Waals surface area contributed by atoms with Crippen LogP contribution >= 0.6 is 0 Å². The quantitative estimate of drug-likeness (QED) is 0.501. The molecule has 3 aromatic carbocycles. The van der Waals surface area contributed by atoms with Crippen molar-refractivity contribution in [2.75, 3.05) is 23.9 Å². The first kappa shape index (κ1) is 25.8. The number of ether oxygens (including phenoxy) is 2. The summed E-state index contributed by atoms with van der Waals surface area (Å²) in [7, 11) is 1.14. The third kappa shape index (κ3) is 3.79. The number of anilines is 2. The van der Waals surface area contributed by atoms with Gasteiger partial charge in [-0.3, -0.25) is 14.6 Å². The van der Waals surface area contributed by atoms with E-state index in [1.54, 1.807) is 67.6 Å². The predicted octanol–water partition coefficient (Wildman–Crippen LogP) is 3.97. The van der Waals surface area contributed by atoms with Gasteiger partial charge in [-0.15, -0.1) is 0 Å². The standard InChI is InChI=1S/C29H24FN3O6/c1-3-39-24(34)23-28(17-31-29(23,26(36)38-2)18-10-6-4-7-11-18)21-16-19(30)14-15-22(21)33(25(28)35)27(37)32-20-12-8-5-9-13-20/h4-17,23H,3H2,1-2H3,(H,32,37)/t23-,28-,29-/m0/s1. The first-order chi connectivity index (χ1) is 18.8. The molecule has 10 heteroatoms. The molecule has 3 atom stereocenters. The van der Waals surface area contributed by atoms with Crippen LogP contribution in [0, 0.1) is 11.7 Å². The van der Waals surface area contributed by atoms with E-state index in [1.165, 1.54) is 6.07 Å². The molecule has 0 aliphatic carbocycles. The van der Waals surface area contributed by atoms with Crippen molar-refractivity contribution in [3.63, 3.8) is 0 Å². The number of carbonyl (C=O) groups excluding carboxylic acids is 4. The highest BCUT2D eigenvalue weighted by Crippen LogP contribution is 2.57.